The molecule has 1 aliphatic rings. The van der Waals surface area contributed by atoms with Gasteiger partial charge >= 0.3 is 0 Å². The average Bonchev–Trinajstić information content (AvgIpc) is 2.71. The van der Waals surface area contributed by atoms with Crippen LogP contribution in [-0.4, -0.2) is 37.2 Å². The molecule has 2 rings (SSSR count). The summed E-state index contributed by atoms with van der Waals surface area (Å²) < 4.78 is 11.4. The normalized spacial score (nSPS) is 16.7. The fourth-order valence-electron chi connectivity index (χ4n) is 2.33. The first kappa shape index (κ1) is 16.1. The van der Waals surface area contributed by atoms with Gasteiger partial charge in [0.05, 0.1) is 13.2 Å². The largest absolute Gasteiger partial charge is 0.490 e. The lowest BCUT2D eigenvalue weighted by Gasteiger charge is -2.36. The summed E-state index contributed by atoms with van der Waals surface area (Å²) in [7, 11) is 2.13. The zero-order valence-corrected chi connectivity index (χ0v) is 13.7. The van der Waals surface area contributed by atoms with Gasteiger partial charge in [-0.3, -0.25) is 4.90 Å². The molecule has 2 N–H and O–H groups in total. The first-order valence-electron chi connectivity index (χ1n) is 7.80. The minimum Gasteiger partial charge on any atom is -0.490 e. The monoisotopic (exact) mass is 292 g/mol. The molecule has 0 spiro atoms. The Kier molecular flexibility index (Phi) is 5.12. The van der Waals surface area contributed by atoms with Crippen LogP contribution in [0.5, 0.6) is 11.5 Å². The van der Waals surface area contributed by atoms with Crippen LogP contribution in [0.2, 0.25) is 0 Å². The van der Waals surface area contributed by atoms with E-state index in [4.69, 9.17) is 15.2 Å². The Morgan fingerprint density at radius 1 is 1.24 bits per heavy atom. The third-order valence-electron chi connectivity index (χ3n) is 4.57. The van der Waals surface area contributed by atoms with E-state index in [1.165, 1.54) is 0 Å². The number of hydrogen-bond donors (Lipinski definition) is 1. The standard InChI is InChI=1S/C17H28N2O2/c1-5-17(2,3)19(4)12-14(18)13-7-8-15-16(11-13)21-10-6-9-20-15/h7-8,11,14H,5-6,9-10,12,18H2,1-4H3. The van der Waals surface area contributed by atoms with E-state index in [-0.39, 0.29) is 11.6 Å². The topological polar surface area (TPSA) is 47.7 Å². The average molecular weight is 292 g/mol. The number of rotatable bonds is 5. The second kappa shape index (κ2) is 6.67. The smallest absolute Gasteiger partial charge is 0.161 e. The highest BCUT2D eigenvalue weighted by atomic mass is 16.5. The molecule has 0 amide bonds. The molecule has 1 atom stereocenters. The molecule has 118 valence electrons. The minimum absolute atomic E-state index is 0.0296. The molecule has 1 aromatic rings. The molecule has 1 aliphatic heterocycles. The first-order valence-corrected chi connectivity index (χ1v) is 7.80. The van der Waals surface area contributed by atoms with E-state index in [9.17, 15) is 0 Å². The maximum atomic E-state index is 6.38. The molecule has 1 unspecified atom stereocenters. The van der Waals surface area contributed by atoms with E-state index >= 15 is 0 Å². The summed E-state index contributed by atoms with van der Waals surface area (Å²) in [5.74, 6) is 1.64. The van der Waals surface area contributed by atoms with E-state index in [2.05, 4.69) is 32.7 Å². The van der Waals surface area contributed by atoms with Crippen LogP contribution in [-0.2, 0) is 0 Å². The number of fused-ring (bicyclic) bond motifs is 1. The van der Waals surface area contributed by atoms with E-state index in [0.717, 1.165) is 36.4 Å². The second-order valence-electron chi connectivity index (χ2n) is 6.41. The SMILES string of the molecule is CCC(C)(C)N(C)CC(N)c1ccc2c(c1)OCCCO2. The van der Waals surface area contributed by atoms with Crippen molar-refractivity contribution in [1.29, 1.82) is 0 Å². The quantitative estimate of drug-likeness (QED) is 0.906. The molecular formula is C17H28N2O2. The molecule has 4 nitrogen and oxygen atoms in total. The Hall–Kier alpha value is -1.26. The van der Waals surface area contributed by atoms with E-state index < -0.39 is 0 Å². The number of likely N-dealkylation sites (N-methyl/N-ethyl adjacent to an activating group) is 1. The van der Waals surface area contributed by atoms with Crippen LogP contribution in [0.1, 0.15) is 45.2 Å². The Balaban J connectivity index is 2.09. The Morgan fingerprint density at radius 3 is 2.57 bits per heavy atom. The van der Waals surface area contributed by atoms with Gasteiger partial charge in [-0.05, 0) is 45.0 Å². The van der Waals surface area contributed by atoms with Crippen molar-refractivity contribution in [1.82, 2.24) is 4.90 Å². The maximum Gasteiger partial charge on any atom is 0.161 e. The zero-order valence-electron chi connectivity index (χ0n) is 13.7. The van der Waals surface area contributed by atoms with E-state index in [0.29, 0.717) is 13.2 Å². The molecule has 0 saturated heterocycles. The third kappa shape index (κ3) is 3.89. The van der Waals surface area contributed by atoms with Crippen LogP contribution < -0.4 is 15.2 Å². The van der Waals surface area contributed by atoms with Gasteiger partial charge in [0.25, 0.3) is 0 Å². The van der Waals surface area contributed by atoms with Crippen LogP contribution >= 0.6 is 0 Å². The number of nitrogens with zero attached hydrogens (tertiary/aromatic N) is 1. The molecule has 0 aromatic heterocycles. The molecule has 0 bridgehead atoms. The van der Waals surface area contributed by atoms with E-state index in [1.54, 1.807) is 0 Å². The predicted molar refractivity (Wildman–Crippen MR) is 86.0 cm³/mol. The van der Waals surface area contributed by atoms with Crippen molar-refractivity contribution in [2.45, 2.75) is 45.2 Å². The molecular weight excluding hydrogens is 264 g/mol. The van der Waals surface area contributed by atoms with Gasteiger partial charge in [0.1, 0.15) is 0 Å². The van der Waals surface area contributed by atoms with Gasteiger partial charge in [0, 0.05) is 24.5 Å². The third-order valence-corrected chi connectivity index (χ3v) is 4.57. The Bertz CT molecular complexity index is 474. The first-order chi connectivity index (χ1) is 9.94. The number of ether oxygens (including phenoxy) is 2. The Labute approximate surface area is 128 Å². The Morgan fingerprint density at radius 2 is 1.90 bits per heavy atom. The van der Waals surface area contributed by atoms with Crippen molar-refractivity contribution in [3.63, 3.8) is 0 Å². The predicted octanol–water partition coefficient (Wildman–Crippen LogP) is 2.97. The molecule has 21 heavy (non-hydrogen) atoms. The highest BCUT2D eigenvalue weighted by Gasteiger charge is 2.23. The van der Waals surface area contributed by atoms with Crippen LogP contribution in [0, 0.1) is 0 Å². The van der Waals surface area contributed by atoms with Crippen molar-refractivity contribution in [3.05, 3.63) is 23.8 Å². The fraction of sp³-hybridized carbons (Fsp3) is 0.647. The lowest BCUT2D eigenvalue weighted by molar-refractivity contribution is 0.142. The highest BCUT2D eigenvalue weighted by Crippen LogP contribution is 2.32. The minimum atomic E-state index is -0.0296. The number of benzene rings is 1. The summed E-state index contributed by atoms with van der Waals surface area (Å²) in [5.41, 5.74) is 7.63. The van der Waals surface area contributed by atoms with Gasteiger partial charge < -0.3 is 15.2 Å². The number of nitrogens with two attached hydrogens (primary N) is 1. The molecule has 1 heterocycles. The second-order valence-corrected chi connectivity index (χ2v) is 6.41. The van der Waals surface area contributed by atoms with Gasteiger partial charge in [0.15, 0.2) is 11.5 Å². The molecule has 0 radical (unpaired) electrons. The molecule has 0 aliphatic carbocycles. The van der Waals surface area contributed by atoms with Gasteiger partial charge in [-0.25, -0.2) is 0 Å². The van der Waals surface area contributed by atoms with Crippen molar-refractivity contribution in [2.75, 3.05) is 26.8 Å². The van der Waals surface area contributed by atoms with Crippen molar-refractivity contribution in [3.8, 4) is 11.5 Å². The van der Waals surface area contributed by atoms with Crippen molar-refractivity contribution >= 4 is 0 Å². The van der Waals surface area contributed by atoms with Gasteiger partial charge in [-0.15, -0.1) is 0 Å². The van der Waals surface area contributed by atoms with E-state index in [1.807, 2.05) is 18.2 Å². The lowest BCUT2D eigenvalue weighted by atomic mass is 9.98. The van der Waals surface area contributed by atoms with Crippen molar-refractivity contribution < 1.29 is 9.47 Å². The van der Waals surface area contributed by atoms with Crippen LogP contribution in [0.25, 0.3) is 0 Å². The molecule has 0 saturated carbocycles. The highest BCUT2D eigenvalue weighted by molar-refractivity contribution is 5.44. The summed E-state index contributed by atoms with van der Waals surface area (Å²) in [5, 5.41) is 0. The maximum absolute atomic E-state index is 6.38. The van der Waals surface area contributed by atoms with Crippen LogP contribution in [0.15, 0.2) is 18.2 Å². The molecule has 1 aromatic carbocycles. The van der Waals surface area contributed by atoms with Crippen LogP contribution in [0.3, 0.4) is 0 Å². The summed E-state index contributed by atoms with van der Waals surface area (Å²) in [6, 6.07) is 6.02. The fourth-order valence-corrected chi connectivity index (χ4v) is 2.33. The molecule has 0 fully saturated rings. The summed E-state index contributed by atoms with van der Waals surface area (Å²) in [6.07, 6.45) is 2.01. The van der Waals surface area contributed by atoms with Gasteiger partial charge in [0.2, 0.25) is 0 Å². The van der Waals surface area contributed by atoms with Crippen molar-refractivity contribution in [2.24, 2.45) is 5.73 Å². The summed E-state index contributed by atoms with van der Waals surface area (Å²) >= 11 is 0. The van der Waals surface area contributed by atoms with Gasteiger partial charge in [-0.2, -0.15) is 0 Å². The molecule has 4 heteroatoms. The van der Waals surface area contributed by atoms with Gasteiger partial charge in [-0.1, -0.05) is 13.0 Å². The zero-order chi connectivity index (χ0) is 15.5. The summed E-state index contributed by atoms with van der Waals surface area (Å²) in [4.78, 5) is 2.32. The van der Waals surface area contributed by atoms with Crippen LogP contribution in [0.4, 0.5) is 0 Å². The lowest BCUT2D eigenvalue weighted by Crippen LogP contribution is -2.44. The summed E-state index contributed by atoms with van der Waals surface area (Å²) in [6.45, 7) is 8.93. The number of hydrogen-bond acceptors (Lipinski definition) is 4.